The quantitative estimate of drug-likeness (QED) is 0.717. The highest BCUT2D eigenvalue weighted by atomic mass is 16.5. The van der Waals surface area contributed by atoms with E-state index in [1.165, 1.54) is 6.92 Å². The van der Waals surface area contributed by atoms with E-state index >= 15 is 0 Å². The highest BCUT2D eigenvalue weighted by molar-refractivity contribution is 5.77. The lowest BCUT2D eigenvalue weighted by atomic mass is 10.1. The first-order chi connectivity index (χ1) is 10.0. The minimum Gasteiger partial charge on any atom is -0.493 e. The number of nitrogens with one attached hydrogen (secondary N) is 2. The van der Waals surface area contributed by atoms with Gasteiger partial charge in [-0.05, 0) is 31.4 Å². The number of carbonyl (C=O) groups is 2. The van der Waals surface area contributed by atoms with Crippen molar-refractivity contribution in [3.05, 3.63) is 29.3 Å². The molecular formula is C16H24N2O3. The van der Waals surface area contributed by atoms with Crippen LogP contribution in [0.5, 0.6) is 5.75 Å². The molecule has 0 bridgehead atoms. The summed E-state index contributed by atoms with van der Waals surface area (Å²) in [6.07, 6.45) is 1.05. The number of para-hydroxylation sites is 1. The zero-order valence-electron chi connectivity index (χ0n) is 13.0. The molecule has 1 aromatic rings. The number of benzene rings is 1. The molecule has 0 aliphatic rings. The van der Waals surface area contributed by atoms with Crippen LogP contribution in [0.3, 0.4) is 0 Å². The Labute approximate surface area is 126 Å². The molecule has 116 valence electrons. The molecule has 1 aromatic carbocycles. The lowest BCUT2D eigenvalue weighted by Crippen LogP contribution is -2.30. The molecule has 0 aliphatic heterocycles. The topological polar surface area (TPSA) is 67.4 Å². The monoisotopic (exact) mass is 292 g/mol. The number of hydrogen-bond donors (Lipinski definition) is 2. The van der Waals surface area contributed by atoms with Crippen LogP contribution in [0.4, 0.5) is 0 Å². The Morgan fingerprint density at radius 2 is 1.76 bits per heavy atom. The van der Waals surface area contributed by atoms with Crippen LogP contribution in [0.2, 0.25) is 0 Å². The standard InChI is InChI=1S/C16H24N2O3/c1-12-6-4-7-13(2)16(12)21-11-5-9-18-15(20)8-10-17-14(3)19/h4,6-7H,5,8-11H2,1-3H3,(H,17,19)(H,18,20). The van der Waals surface area contributed by atoms with E-state index in [4.69, 9.17) is 4.74 Å². The Morgan fingerprint density at radius 3 is 2.38 bits per heavy atom. The van der Waals surface area contributed by atoms with Crippen molar-refractivity contribution in [1.82, 2.24) is 10.6 Å². The van der Waals surface area contributed by atoms with Gasteiger partial charge in [0.15, 0.2) is 0 Å². The van der Waals surface area contributed by atoms with Gasteiger partial charge < -0.3 is 15.4 Å². The second-order valence-corrected chi connectivity index (χ2v) is 5.01. The largest absolute Gasteiger partial charge is 0.493 e. The van der Waals surface area contributed by atoms with Gasteiger partial charge in [-0.25, -0.2) is 0 Å². The molecule has 0 unspecified atom stereocenters. The van der Waals surface area contributed by atoms with Gasteiger partial charge in [0.2, 0.25) is 11.8 Å². The molecule has 0 saturated heterocycles. The first kappa shape index (κ1) is 17.0. The van der Waals surface area contributed by atoms with Crippen molar-refractivity contribution in [1.29, 1.82) is 0 Å². The SMILES string of the molecule is CC(=O)NCCC(=O)NCCCOc1c(C)cccc1C. The van der Waals surface area contributed by atoms with E-state index in [9.17, 15) is 9.59 Å². The van der Waals surface area contributed by atoms with Crippen LogP contribution < -0.4 is 15.4 Å². The van der Waals surface area contributed by atoms with Crippen LogP contribution in [0.1, 0.15) is 30.9 Å². The molecule has 5 heteroatoms. The molecule has 0 aromatic heterocycles. The molecule has 0 fully saturated rings. The van der Waals surface area contributed by atoms with Gasteiger partial charge in [-0.3, -0.25) is 9.59 Å². The fourth-order valence-electron chi connectivity index (χ4n) is 1.94. The molecule has 0 spiro atoms. The summed E-state index contributed by atoms with van der Waals surface area (Å²) in [4.78, 5) is 22.1. The molecule has 0 aliphatic carbocycles. The van der Waals surface area contributed by atoms with Crippen LogP contribution in [0, 0.1) is 13.8 Å². The van der Waals surface area contributed by atoms with Crippen molar-refractivity contribution in [3.8, 4) is 5.75 Å². The van der Waals surface area contributed by atoms with Gasteiger partial charge in [-0.1, -0.05) is 18.2 Å². The van der Waals surface area contributed by atoms with Crippen molar-refractivity contribution in [2.45, 2.75) is 33.6 Å². The molecule has 21 heavy (non-hydrogen) atoms. The fourth-order valence-corrected chi connectivity index (χ4v) is 1.94. The number of ether oxygens (including phenoxy) is 1. The van der Waals surface area contributed by atoms with E-state index in [2.05, 4.69) is 10.6 Å². The van der Waals surface area contributed by atoms with Crippen molar-refractivity contribution in [2.75, 3.05) is 19.7 Å². The molecule has 2 amide bonds. The third-order valence-electron chi connectivity index (χ3n) is 3.02. The second-order valence-electron chi connectivity index (χ2n) is 5.01. The predicted molar refractivity (Wildman–Crippen MR) is 82.3 cm³/mol. The summed E-state index contributed by atoms with van der Waals surface area (Å²) in [5.74, 6) is 0.745. The molecule has 0 heterocycles. The smallest absolute Gasteiger partial charge is 0.221 e. The van der Waals surface area contributed by atoms with E-state index in [-0.39, 0.29) is 11.8 Å². The second kappa shape index (κ2) is 9.00. The summed E-state index contributed by atoms with van der Waals surface area (Å²) in [7, 11) is 0. The fraction of sp³-hybridized carbons (Fsp3) is 0.500. The van der Waals surface area contributed by atoms with Gasteiger partial charge in [0, 0.05) is 26.4 Å². The van der Waals surface area contributed by atoms with Crippen molar-refractivity contribution < 1.29 is 14.3 Å². The maximum Gasteiger partial charge on any atom is 0.221 e. The van der Waals surface area contributed by atoms with Crippen molar-refractivity contribution in [3.63, 3.8) is 0 Å². The van der Waals surface area contributed by atoms with Crippen LogP contribution in [-0.2, 0) is 9.59 Å². The molecule has 1 rings (SSSR count). The molecule has 5 nitrogen and oxygen atoms in total. The summed E-state index contributed by atoms with van der Waals surface area (Å²) in [5, 5.41) is 5.39. The van der Waals surface area contributed by atoms with Gasteiger partial charge in [0.1, 0.15) is 5.75 Å². The number of aryl methyl sites for hydroxylation is 2. The van der Waals surface area contributed by atoms with Crippen LogP contribution in [-0.4, -0.2) is 31.5 Å². The van der Waals surface area contributed by atoms with E-state index < -0.39 is 0 Å². The average Bonchev–Trinajstić information content (AvgIpc) is 2.41. The van der Waals surface area contributed by atoms with Crippen LogP contribution in [0.25, 0.3) is 0 Å². The number of rotatable bonds is 8. The van der Waals surface area contributed by atoms with E-state index in [1.807, 2.05) is 32.0 Å². The van der Waals surface area contributed by atoms with Crippen LogP contribution >= 0.6 is 0 Å². The zero-order chi connectivity index (χ0) is 15.7. The molecule has 0 saturated carbocycles. The summed E-state index contributed by atoms with van der Waals surface area (Å²) in [5.41, 5.74) is 2.24. The van der Waals surface area contributed by atoms with E-state index in [1.54, 1.807) is 0 Å². The minimum absolute atomic E-state index is 0.0594. The van der Waals surface area contributed by atoms with Crippen LogP contribution in [0.15, 0.2) is 18.2 Å². The third-order valence-corrected chi connectivity index (χ3v) is 3.02. The average molecular weight is 292 g/mol. The van der Waals surface area contributed by atoms with E-state index in [0.717, 1.165) is 23.3 Å². The third kappa shape index (κ3) is 6.79. The summed E-state index contributed by atoms with van der Waals surface area (Å²) in [6.45, 7) is 6.99. The molecule has 2 N–H and O–H groups in total. The normalized spacial score (nSPS) is 10.0. The van der Waals surface area contributed by atoms with Crippen molar-refractivity contribution >= 4 is 11.8 Å². The Hall–Kier alpha value is -2.04. The Bertz CT molecular complexity index is 466. The van der Waals surface area contributed by atoms with Crippen molar-refractivity contribution in [2.24, 2.45) is 0 Å². The number of hydrogen-bond acceptors (Lipinski definition) is 3. The highest BCUT2D eigenvalue weighted by Crippen LogP contribution is 2.22. The first-order valence-electron chi connectivity index (χ1n) is 7.21. The van der Waals surface area contributed by atoms with E-state index in [0.29, 0.717) is 26.1 Å². The maximum absolute atomic E-state index is 11.5. The Balaban J connectivity index is 2.14. The molecule has 0 atom stereocenters. The number of carbonyl (C=O) groups excluding carboxylic acids is 2. The van der Waals surface area contributed by atoms with Gasteiger partial charge in [-0.15, -0.1) is 0 Å². The van der Waals surface area contributed by atoms with Gasteiger partial charge in [0.25, 0.3) is 0 Å². The lowest BCUT2D eigenvalue weighted by Gasteiger charge is -2.12. The summed E-state index contributed by atoms with van der Waals surface area (Å²) < 4.78 is 5.75. The molecule has 0 radical (unpaired) electrons. The summed E-state index contributed by atoms with van der Waals surface area (Å²) >= 11 is 0. The minimum atomic E-state index is -0.121. The highest BCUT2D eigenvalue weighted by Gasteiger charge is 2.04. The predicted octanol–water partition coefficient (Wildman–Crippen LogP) is 1.71. The van der Waals surface area contributed by atoms with Gasteiger partial charge in [0.05, 0.1) is 6.61 Å². The molecular weight excluding hydrogens is 268 g/mol. The Kier molecular flexibility index (Phi) is 7.29. The summed E-state index contributed by atoms with van der Waals surface area (Å²) in [6, 6.07) is 6.05. The zero-order valence-corrected chi connectivity index (χ0v) is 13.0. The van der Waals surface area contributed by atoms with Gasteiger partial charge >= 0.3 is 0 Å². The number of amides is 2. The Morgan fingerprint density at radius 1 is 1.10 bits per heavy atom. The van der Waals surface area contributed by atoms with Gasteiger partial charge in [-0.2, -0.15) is 0 Å². The maximum atomic E-state index is 11.5. The first-order valence-corrected chi connectivity index (χ1v) is 7.21. The lowest BCUT2D eigenvalue weighted by molar-refractivity contribution is -0.121.